The Balaban J connectivity index is 1.52. The number of halogens is 5. The summed E-state index contributed by atoms with van der Waals surface area (Å²) in [6.45, 7) is 0. The molecule has 1 aromatic heterocycles. The molecule has 3 aromatic carbocycles. The van der Waals surface area contributed by atoms with Crippen LogP contribution in [0.2, 0.25) is 0 Å². The maximum absolute atomic E-state index is 13.0. The Morgan fingerprint density at radius 2 is 1.55 bits per heavy atom. The lowest BCUT2D eigenvalue weighted by atomic mass is 10.2. The first-order valence-corrected chi connectivity index (χ1v) is 9.87. The van der Waals surface area contributed by atoms with Gasteiger partial charge in [-0.2, -0.15) is 18.2 Å². The van der Waals surface area contributed by atoms with E-state index in [1.54, 1.807) is 24.3 Å². The summed E-state index contributed by atoms with van der Waals surface area (Å²) in [6, 6.07) is 15.5. The number of alkyl halides is 3. The molecule has 148 valence electrons. The average molecular weight is 483 g/mol. The maximum Gasteiger partial charge on any atom is 0.416 e. The quantitative estimate of drug-likeness (QED) is 0.303. The predicted octanol–water partition coefficient (Wildman–Crippen LogP) is 7.64. The van der Waals surface area contributed by atoms with Gasteiger partial charge in [0.15, 0.2) is 5.58 Å². The van der Waals surface area contributed by atoms with Crippen LogP contribution in [0.15, 0.2) is 79.3 Å². The first-order chi connectivity index (χ1) is 13.8. The highest BCUT2D eigenvalue weighted by Crippen LogP contribution is 2.36. The second kappa shape index (κ2) is 7.72. The van der Waals surface area contributed by atoms with E-state index in [0.29, 0.717) is 5.69 Å². The number of anilines is 2. The third-order valence-corrected chi connectivity index (χ3v) is 5.53. The smallest absolute Gasteiger partial charge is 0.416 e. The molecule has 0 bridgehead atoms. The monoisotopic (exact) mass is 482 g/mol. The molecule has 9 heteroatoms. The van der Waals surface area contributed by atoms with E-state index in [1.165, 1.54) is 23.9 Å². The Morgan fingerprint density at radius 3 is 2.17 bits per heavy atom. The van der Waals surface area contributed by atoms with Crippen LogP contribution >= 0.6 is 27.7 Å². The van der Waals surface area contributed by atoms with Gasteiger partial charge in [-0.1, -0.05) is 11.8 Å². The van der Waals surface area contributed by atoms with E-state index in [0.717, 1.165) is 21.9 Å². The molecule has 4 aromatic rings. The molecular formula is C20H11BrF4N2OS. The van der Waals surface area contributed by atoms with Crippen LogP contribution in [0.4, 0.5) is 29.3 Å². The van der Waals surface area contributed by atoms with E-state index in [2.05, 4.69) is 26.2 Å². The molecule has 0 radical (unpaired) electrons. The van der Waals surface area contributed by atoms with E-state index in [4.69, 9.17) is 4.42 Å². The summed E-state index contributed by atoms with van der Waals surface area (Å²) >= 11 is 4.57. The van der Waals surface area contributed by atoms with Gasteiger partial charge >= 0.3 is 6.18 Å². The number of nitrogens with zero attached hydrogens (tertiary/aromatic N) is 1. The second-order valence-electron chi connectivity index (χ2n) is 6.03. The molecule has 0 saturated carbocycles. The summed E-state index contributed by atoms with van der Waals surface area (Å²) in [5.74, 6) is -0.291. The molecule has 0 fully saturated rings. The summed E-state index contributed by atoms with van der Waals surface area (Å²) in [5, 5.41) is 2.94. The minimum Gasteiger partial charge on any atom is -0.422 e. The maximum atomic E-state index is 13.0. The Bertz CT molecular complexity index is 1160. The SMILES string of the molecule is Fc1ccc(Sc2ccc(Nc3nc4cc(C(F)(F)F)cc(Br)c4o3)cc2)cc1. The highest BCUT2D eigenvalue weighted by atomic mass is 79.9. The fraction of sp³-hybridized carbons (Fsp3) is 0.0500. The normalized spacial score (nSPS) is 11.8. The zero-order valence-electron chi connectivity index (χ0n) is 14.4. The van der Waals surface area contributed by atoms with E-state index in [-0.39, 0.29) is 27.4 Å². The molecule has 1 N–H and O–H groups in total. The summed E-state index contributed by atoms with van der Waals surface area (Å²) in [7, 11) is 0. The van der Waals surface area contributed by atoms with Crippen molar-refractivity contribution < 1.29 is 22.0 Å². The number of hydrogen-bond acceptors (Lipinski definition) is 4. The standard InChI is InChI=1S/C20H11BrF4N2OS/c21-16-9-11(20(23,24)25)10-17-18(16)28-19(27-17)26-13-3-7-15(8-4-13)29-14-5-1-12(22)2-6-14/h1-10H,(H,26,27). The molecule has 1 heterocycles. The number of oxazole rings is 1. The Hall–Kier alpha value is -2.52. The summed E-state index contributed by atoms with van der Waals surface area (Å²) in [4.78, 5) is 5.93. The number of fused-ring (bicyclic) bond motifs is 1. The van der Waals surface area contributed by atoms with Crippen molar-refractivity contribution in [3.8, 4) is 0 Å². The number of rotatable bonds is 4. The lowest BCUT2D eigenvalue weighted by molar-refractivity contribution is -0.137. The summed E-state index contributed by atoms with van der Waals surface area (Å²) < 4.78 is 57.5. The number of nitrogens with one attached hydrogen (secondary N) is 1. The van der Waals surface area contributed by atoms with Crippen LogP contribution in [0.5, 0.6) is 0 Å². The van der Waals surface area contributed by atoms with Crippen molar-refractivity contribution in [3.63, 3.8) is 0 Å². The number of benzene rings is 3. The molecule has 0 amide bonds. The van der Waals surface area contributed by atoms with Crippen molar-refractivity contribution in [1.82, 2.24) is 4.98 Å². The lowest BCUT2D eigenvalue weighted by Gasteiger charge is -2.06. The minimum atomic E-state index is -4.47. The van der Waals surface area contributed by atoms with Crippen LogP contribution in [0, 0.1) is 5.82 Å². The molecule has 29 heavy (non-hydrogen) atoms. The van der Waals surface area contributed by atoms with E-state index >= 15 is 0 Å². The third kappa shape index (κ3) is 4.56. The van der Waals surface area contributed by atoms with Crippen LogP contribution in [0.1, 0.15) is 5.56 Å². The summed E-state index contributed by atoms with van der Waals surface area (Å²) in [5.41, 5.74) is 0.174. The van der Waals surface area contributed by atoms with E-state index in [1.807, 2.05) is 12.1 Å². The van der Waals surface area contributed by atoms with Crippen molar-refractivity contribution in [2.75, 3.05) is 5.32 Å². The Kier molecular flexibility index (Phi) is 5.26. The highest BCUT2D eigenvalue weighted by Gasteiger charge is 2.32. The molecule has 3 nitrogen and oxygen atoms in total. The highest BCUT2D eigenvalue weighted by molar-refractivity contribution is 9.10. The fourth-order valence-electron chi connectivity index (χ4n) is 2.58. The van der Waals surface area contributed by atoms with Gasteiger partial charge in [0.2, 0.25) is 0 Å². The van der Waals surface area contributed by atoms with Gasteiger partial charge in [0, 0.05) is 15.5 Å². The van der Waals surface area contributed by atoms with Gasteiger partial charge in [-0.15, -0.1) is 0 Å². The topological polar surface area (TPSA) is 38.1 Å². The zero-order chi connectivity index (χ0) is 20.6. The van der Waals surface area contributed by atoms with Gasteiger partial charge in [0.1, 0.15) is 11.3 Å². The van der Waals surface area contributed by atoms with Crippen LogP contribution in [0.25, 0.3) is 11.1 Å². The largest absolute Gasteiger partial charge is 0.422 e. The molecule has 0 spiro atoms. The van der Waals surface area contributed by atoms with Crippen LogP contribution in [-0.2, 0) is 6.18 Å². The van der Waals surface area contributed by atoms with Crippen LogP contribution in [0.3, 0.4) is 0 Å². The van der Waals surface area contributed by atoms with Gasteiger partial charge in [-0.05, 0) is 76.6 Å². The molecule has 0 aliphatic carbocycles. The van der Waals surface area contributed by atoms with Crippen molar-refractivity contribution >= 4 is 50.5 Å². The first kappa shape index (κ1) is 19.8. The van der Waals surface area contributed by atoms with Gasteiger partial charge in [0.25, 0.3) is 6.01 Å². The molecule has 0 aliphatic heterocycles. The molecule has 0 atom stereocenters. The van der Waals surface area contributed by atoms with Crippen LogP contribution < -0.4 is 5.32 Å². The Labute approximate surface area is 175 Å². The zero-order valence-corrected chi connectivity index (χ0v) is 16.8. The van der Waals surface area contributed by atoms with Gasteiger partial charge in [-0.25, -0.2) is 4.39 Å². The second-order valence-corrected chi connectivity index (χ2v) is 8.03. The predicted molar refractivity (Wildman–Crippen MR) is 107 cm³/mol. The van der Waals surface area contributed by atoms with Crippen LogP contribution in [-0.4, -0.2) is 4.98 Å². The lowest BCUT2D eigenvalue weighted by Crippen LogP contribution is -2.04. The van der Waals surface area contributed by atoms with Crippen molar-refractivity contribution in [2.24, 2.45) is 0 Å². The minimum absolute atomic E-state index is 0.0824. The number of aromatic nitrogens is 1. The van der Waals surface area contributed by atoms with Gasteiger partial charge in [-0.3, -0.25) is 0 Å². The fourth-order valence-corrected chi connectivity index (χ4v) is 3.92. The van der Waals surface area contributed by atoms with Crippen molar-refractivity contribution in [2.45, 2.75) is 16.0 Å². The molecule has 0 aliphatic rings. The average Bonchev–Trinajstić information content (AvgIpc) is 3.08. The van der Waals surface area contributed by atoms with E-state index < -0.39 is 11.7 Å². The van der Waals surface area contributed by atoms with Gasteiger partial charge < -0.3 is 9.73 Å². The molecular weight excluding hydrogens is 472 g/mol. The third-order valence-electron chi connectivity index (χ3n) is 3.93. The Morgan fingerprint density at radius 1 is 0.931 bits per heavy atom. The van der Waals surface area contributed by atoms with Gasteiger partial charge in [0.05, 0.1) is 10.0 Å². The molecule has 0 saturated heterocycles. The molecule has 4 rings (SSSR count). The number of hydrogen-bond donors (Lipinski definition) is 1. The molecule has 0 unspecified atom stereocenters. The summed E-state index contributed by atoms with van der Waals surface area (Å²) in [6.07, 6.45) is -4.47. The van der Waals surface area contributed by atoms with Crippen molar-refractivity contribution in [1.29, 1.82) is 0 Å². The first-order valence-electron chi connectivity index (χ1n) is 8.26. The van der Waals surface area contributed by atoms with Crippen molar-refractivity contribution in [3.05, 3.63) is 76.5 Å². The van der Waals surface area contributed by atoms with E-state index in [9.17, 15) is 17.6 Å².